The first kappa shape index (κ1) is 20.7. The van der Waals surface area contributed by atoms with Crippen molar-refractivity contribution in [2.45, 2.75) is 13.0 Å². The summed E-state index contributed by atoms with van der Waals surface area (Å²) in [7, 11) is -3.51. The van der Waals surface area contributed by atoms with Gasteiger partial charge in [0.05, 0.1) is 17.5 Å². The molecular formula is C17H16ClFN2O5S. The first-order valence-electron chi connectivity index (χ1n) is 7.60. The molecule has 0 radical (unpaired) electrons. The molecule has 2 rings (SSSR count). The predicted octanol–water partition coefficient (Wildman–Crippen LogP) is 3.03. The van der Waals surface area contributed by atoms with Crippen LogP contribution in [0, 0.1) is 5.82 Å². The van der Waals surface area contributed by atoms with Crippen molar-refractivity contribution in [2.75, 3.05) is 16.3 Å². The van der Waals surface area contributed by atoms with E-state index in [1.165, 1.54) is 43.3 Å². The fourth-order valence-electron chi connectivity index (χ4n) is 2.03. The van der Waals surface area contributed by atoms with Gasteiger partial charge in [0.25, 0.3) is 5.91 Å². The van der Waals surface area contributed by atoms with Gasteiger partial charge in [0.1, 0.15) is 5.82 Å². The minimum atomic E-state index is -3.51. The second-order valence-corrected chi connectivity index (χ2v) is 7.80. The molecule has 10 heteroatoms. The third-order valence-electron chi connectivity index (χ3n) is 3.24. The Hall–Kier alpha value is -2.65. The average Bonchev–Trinajstić information content (AvgIpc) is 2.55. The molecule has 1 atom stereocenters. The Kier molecular flexibility index (Phi) is 6.40. The zero-order valence-corrected chi connectivity index (χ0v) is 15.9. The second-order valence-electron chi connectivity index (χ2n) is 5.62. The third kappa shape index (κ3) is 6.22. The number of nitrogens with one attached hydrogen (secondary N) is 2. The van der Waals surface area contributed by atoms with Gasteiger partial charge in [-0.2, -0.15) is 0 Å². The lowest BCUT2D eigenvalue weighted by Gasteiger charge is -2.14. The molecule has 0 heterocycles. The van der Waals surface area contributed by atoms with Crippen LogP contribution in [0.2, 0.25) is 5.02 Å². The highest BCUT2D eigenvalue weighted by molar-refractivity contribution is 7.92. The van der Waals surface area contributed by atoms with Gasteiger partial charge in [-0.3, -0.25) is 9.52 Å². The number of carbonyl (C=O) groups is 2. The van der Waals surface area contributed by atoms with E-state index < -0.39 is 33.8 Å². The van der Waals surface area contributed by atoms with Gasteiger partial charge in [-0.1, -0.05) is 17.7 Å². The SMILES string of the molecule is CC(OC(=O)c1cccc(NS(C)(=O)=O)c1)C(=O)Nc1ccc(Cl)cc1F. The maximum absolute atomic E-state index is 13.7. The minimum absolute atomic E-state index is 0.0426. The summed E-state index contributed by atoms with van der Waals surface area (Å²) in [5, 5.41) is 2.47. The van der Waals surface area contributed by atoms with E-state index in [0.717, 1.165) is 12.3 Å². The minimum Gasteiger partial charge on any atom is -0.449 e. The van der Waals surface area contributed by atoms with E-state index in [1.807, 2.05) is 0 Å². The number of sulfonamides is 1. The van der Waals surface area contributed by atoms with Crippen LogP contribution in [0.25, 0.3) is 0 Å². The first-order valence-corrected chi connectivity index (χ1v) is 9.87. The number of hydrogen-bond donors (Lipinski definition) is 2. The molecule has 0 aromatic heterocycles. The monoisotopic (exact) mass is 414 g/mol. The Bertz CT molecular complexity index is 981. The van der Waals surface area contributed by atoms with Crippen LogP contribution in [-0.4, -0.2) is 32.7 Å². The lowest BCUT2D eigenvalue weighted by molar-refractivity contribution is -0.123. The van der Waals surface area contributed by atoms with Gasteiger partial charge in [-0.25, -0.2) is 17.6 Å². The van der Waals surface area contributed by atoms with Gasteiger partial charge in [-0.15, -0.1) is 0 Å². The van der Waals surface area contributed by atoms with Crippen LogP contribution in [0.5, 0.6) is 0 Å². The number of anilines is 2. The van der Waals surface area contributed by atoms with Crippen molar-refractivity contribution >= 4 is 44.9 Å². The lowest BCUT2D eigenvalue weighted by Crippen LogP contribution is -2.30. The molecule has 0 saturated heterocycles. The van der Waals surface area contributed by atoms with Gasteiger partial charge < -0.3 is 10.1 Å². The summed E-state index contributed by atoms with van der Waals surface area (Å²) in [6, 6.07) is 9.30. The first-order chi connectivity index (χ1) is 12.5. The van der Waals surface area contributed by atoms with Crippen LogP contribution < -0.4 is 10.0 Å². The van der Waals surface area contributed by atoms with Crippen molar-refractivity contribution in [2.24, 2.45) is 0 Å². The van der Waals surface area contributed by atoms with Crippen molar-refractivity contribution in [3.63, 3.8) is 0 Å². The number of amides is 1. The number of carbonyl (C=O) groups excluding carboxylic acids is 2. The molecule has 1 amide bonds. The topological polar surface area (TPSA) is 102 Å². The van der Waals surface area contributed by atoms with Crippen LogP contribution in [0.15, 0.2) is 42.5 Å². The van der Waals surface area contributed by atoms with Gasteiger partial charge in [0.15, 0.2) is 6.10 Å². The lowest BCUT2D eigenvalue weighted by atomic mass is 10.2. The fourth-order valence-corrected chi connectivity index (χ4v) is 2.74. The van der Waals surface area contributed by atoms with Gasteiger partial charge in [-0.05, 0) is 43.3 Å². The average molecular weight is 415 g/mol. The molecule has 0 saturated carbocycles. The van der Waals surface area contributed by atoms with E-state index >= 15 is 0 Å². The molecular weight excluding hydrogens is 399 g/mol. The van der Waals surface area contributed by atoms with Crippen molar-refractivity contribution in [1.29, 1.82) is 0 Å². The highest BCUT2D eigenvalue weighted by Gasteiger charge is 2.20. The van der Waals surface area contributed by atoms with E-state index in [0.29, 0.717) is 0 Å². The molecule has 0 spiro atoms. The summed E-state index contributed by atoms with van der Waals surface area (Å²) in [6.45, 7) is 1.32. The van der Waals surface area contributed by atoms with Crippen molar-refractivity contribution < 1.29 is 27.1 Å². The number of benzene rings is 2. The standard InChI is InChI=1S/C17H16ClFN2O5S/c1-10(16(22)20-15-7-6-12(18)9-14(15)19)26-17(23)11-4-3-5-13(8-11)21-27(2,24)25/h3-10,21H,1-2H3,(H,20,22). The third-order valence-corrected chi connectivity index (χ3v) is 4.09. The van der Waals surface area contributed by atoms with Gasteiger partial charge in [0.2, 0.25) is 10.0 Å². The molecule has 0 bridgehead atoms. The van der Waals surface area contributed by atoms with Crippen molar-refractivity contribution in [3.05, 3.63) is 58.9 Å². The molecule has 2 aromatic carbocycles. The number of halogens is 2. The van der Waals surface area contributed by atoms with E-state index in [4.69, 9.17) is 16.3 Å². The molecule has 0 aliphatic heterocycles. The highest BCUT2D eigenvalue weighted by atomic mass is 35.5. The van der Waals surface area contributed by atoms with E-state index in [2.05, 4.69) is 10.0 Å². The number of ether oxygens (including phenoxy) is 1. The molecule has 0 aliphatic carbocycles. The Labute approximate surface area is 160 Å². The number of hydrogen-bond acceptors (Lipinski definition) is 5. The summed E-state index contributed by atoms with van der Waals surface area (Å²) in [4.78, 5) is 24.3. The summed E-state index contributed by atoms with van der Waals surface area (Å²) in [6.07, 6.45) is -0.251. The quantitative estimate of drug-likeness (QED) is 0.707. The number of rotatable bonds is 6. The fraction of sp³-hybridized carbons (Fsp3) is 0.176. The summed E-state index contributed by atoms with van der Waals surface area (Å²) in [5.41, 5.74) is 0.111. The molecule has 1 unspecified atom stereocenters. The Morgan fingerprint density at radius 3 is 2.52 bits per heavy atom. The largest absolute Gasteiger partial charge is 0.449 e. The van der Waals surface area contributed by atoms with Crippen LogP contribution in [0.1, 0.15) is 17.3 Å². The van der Waals surface area contributed by atoms with E-state index in [1.54, 1.807) is 0 Å². The highest BCUT2D eigenvalue weighted by Crippen LogP contribution is 2.19. The Morgan fingerprint density at radius 2 is 1.89 bits per heavy atom. The van der Waals surface area contributed by atoms with E-state index in [9.17, 15) is 22.4 Å². The molecule has 144 valence electrons. The molecule has 0 aliphatic rings. The molecule has 2 N–H and O–H groups in total. The summed E-state index contributed by atoms with van der Waals surface area (Å²) in [5.74, 6) is -2.31. The summed E-state index contributed by atoms with van der Waals surface area (Å²) >= 11 is 5.64. The number of esters is 1. The molecule has 7 nitrogen and oxygen atoms in total. The van der Waals surface area contributed by atoms with Crippen molar-refractivity contribution in [3.8, 4) is 0 Å². The van der Waals surface area contributed by atoms with Gasteiger partial charge >= 0.3 is 5.97 Å². The molecule has 2 aromatic rings. The van der Waals surface area contributed by atoms with Gasteiger partial charge in [0, 0.05) is 10.7 Å². The maximum Gasteiger partial charge on any atom is 0.338 e. The zero-order valence-electron chi connectivity index (χ0n) is 14.3. The molecule has 27 heavy (non-hydrogen) atoms. The zero-order chi connectivity index (χ0) is 20.2. The second kappa shape index (κ2) is 8.36. The predicted molar refractivity (Wildman–Crippen MR) is 99.8 cm³/mol. The van der Waals surface area contributed by atoms with Crippen LogP contribution >= 0.6 is 11.6 Å². The maximum atomic E-state index is 13.7. The Balaban J connectivity index is 2.04. The smallest absolute Gasteiger partial charge is 0.338 e. The van der Waals surface area contributed by atoms with E-state index in [-0.39, 0.29) is 22.0 Å². The van der Waals surface area contributed by atoms with Crippen molar-refractivity contribution in [1.82, 2.24) is 0 Å². The van der Waals surface area contributed by atoms with Crippen LogP contribution in [0.4, 0.5) is 15.8 Å². The summed E-state index contributed by atoms with van der Waals surface area (Å²) < 4.78 is 43.5. The molecule has 0 fully saturated rings. The van der Waals surface area contributed by atoms with Crippen LogP contribution in [0.3, 0.4) is 0 Å². The van der Waals surface area contributed by atoms with Crippen LogP contribution in [-0.2, 0) is 19.6 Å². The normalized spacial score (nSPS) is 12.1. The Morgan fingerprint density at radius 1 is 1.19 bits per heavy atom.